The van der Waals surface area contributed by atoms with Crippen molar-refractivity contribution in [1.82, 2.24) is 14.7 Å². The lowest BCUT2D eigenvalue weighted by Gasteiger charge is -2.07. The summed E-state index contributed by atoms with van der Waals surface area (Å²) in [5.74, 6) is 0. The summed E-state index contributed by atoms with van der Waals surface area (Å²) in [5.41, 5.74) is 9.27. The number of rotatable bonds is 6. The van der Waals surface area contributed by atoms with Gasteiger partial charge in [-0.05, 0) is 41.8 Å². The highest BCUT2D eigenvalue weighted by molar-refractivity contribution is 7.89. The van der Waals surface area contributed by atoms with Crippen LogP contribution in [0.2, 0.25) is 0 Å². The van der Waals surface area contributed by atoms with E-state index in [0.717, 1.165) is 34.3 Å². The number of hydrogen-bond donors (Lipinski definition) is 3. The quantitative estimate of drug-likeness (QED) is 0.611. The lowest BCUT2D eigenvalue weighted by Crippen LogP contribution is -2.29. The summed E-state index contributed by atoms with van der Waals surface area (Å²) in [6.45, 7) is 2.57. The lowest BCUT2D eigenvalue weighted by atomic mass is 10.0. The van der Waals surface area contributed by atoms with Crippen LogP contribution in [-0.4, -0.2) is 31.5 Å². The Labute approximate surface area is 153 Å². The summed E-state index contributed by atoms with van der Waals surface area (Å²) in [4.78, 5) is 7.87. The maximum absolute atomic E-state index is 12.1. The zero-order valence-electron chi connectivity index (χ0n) is 13.8. The molecule has 3 rings (SSSR count). The van der Waals surface area contributed by atoms with Gasteiger partial charge in [-0.15, -0.1) is 12.4 Å². The second-order valence-electron chi connectivity index (χ2n) is 5.48. The maximum Gasteiger partial charge on any atom is 0.240 e. The van der Waals surface area contributed by atoms with Crippen LogP contribution < -0.4 is 10.5 Å². The molecule has 0 atom stereocenters. The number of nitrogens with zero attached hydrogens (tertiary/aromatic N) is 1. The number of aromatic nitrogens is 2. The Morgan fingerprint density at radius 1 is 1.20 bits per heavy atom. The molecule has 0 spiro atoms. The molecule has 4 N–H and O–H groups in total. The number of H-pyrrole nitrogens is 1. The van der Waals surface area contributed by atoms with Gasteiger partial charge in [-0.3, -0.25) is 0 Å². The van der Waals surface area contributed by atoms with Gasteiger partial charge in [0.1, 0.15) is 5.65 Å². The van der Waals surface area contributed by atoms with Crippen molar-refractivity contribution in [3.8, 4) is 11.1 Å². The Morgan fingerprint density at radius 2 is 1.92 bits per heavy atom. The molecule has 0 saturated carbocycles. The molecule has 134 valence electrons. The van der Waals surface area contributed by atoms with E-state index in [4.69, 9.17) is 5.73 Å². The molecular formula is C17H21ClN4O2S. The second-order valence-corrected chi connectivity index (χ2v) is 7.25. The number of nitrogens with two attached hydrogens (primary N) is 1. The molecule has 3 aromatic rings. The number of sulfonamides is 1. The Kier molecular flexibility index (Phi) is 6.18. The second kappa shape index (κ2) is 7.97. The van der Waals surface area contributed by atoms with Crippen LogP contribution in [0.4, 0.5) is 0 Å². The van der Waals surface area contributed by atoms with Gasteiger partial charge in [-0.25, -0.2) is 18.1 Å². The fraction of sp³-hybridized carbons (Fsp3) is 0.235. The van der Waals surface area contributed by atoms with Crippen LogP contribution in [-0.2, 0) is 16.4 Å². The summed E-state index contributed by atoms with van der Waals surface area (Å²) in [6, 6.07) is 10.9. The van der Waals surface area contributed by atoms with Crippen LogP contribution in [0, 0.1) is 0 Å². The topological polar surface area (TPSA) is 101 Å². The van der Waals surface area contributed by atoms with Crippen LogP contribution in [0.3, 0.4) is 0 Å². The van der Waals surface area contributed by atoms with E-state index < -0.39 is 10.0 Å². The number of aryl methyl sites for hydroxylation is 1. The van der Waals surface area contributed by atoms with Crippen LogP contribution in [0.5, 0.6) is 0 Å². The van der Waals surface area contributed by atoms with Crippen molar-refractivity contribution in [2.24, 2.45) is 5.73 Å². The summed E-state index contributed by atoms with van der Waals surface area (Å²) in [7, 11) is -3.51. The molecule has 2 aromatic heterocycles. The molecule has 6 nitrogen and oxygen atoms in total. The molecule has 0 radical (unpaired) electrons. The third-order valence-corrected chi connectivity index (χ3v) is 5.36. The molecule has 0 fully saturated rings. The molecule has 0 bridgehead atoms. The Morgan fingerprint density at radius 3 is 2.56 bits per heavy atom. The monoisotopic (exact) mass is 380 g/mol. The molecule has 0 aliphatic rings. The summed E-state index contributed by atoms with van der Waals surface area (Å²) < 4.78 is 26.7. The molecule has 0 amide bonds. The van der Waals surface area contributed by atoms with E-state index in [-0.39, 0.29) is 30.4 Å². The van der Waals surface area contributed by atoms with Crippen LogP contribution in [0.15, 0.2) is 47.5 Å². The number of hydrogen-bond acceptors (Lipinski definition) is 4. The van der Waals surface area contributed by atoms with Crippen LogP contribution in [0.1, 0.15) is 12.6 Å². The van der Waals surface area contributed by atoms with Crippen molar-refractivity contribution in [3.05, 3.63) is 48.3 Å². The highest BCUT2D eigenvalue weighted by Gasteiger charge is 2.14. The molecule has 0 aliphatic heterocycles. The van der Waals surface area contributed by atoms with Gasteiger partial charge in [-0.2, -0.15) is 0 Å². The van der Waals surface area contributed by atoms with Gasteiger partial charge in [0.25, 0.3) is 0 Å². The molecule has 25 heavy (non-hydrogen) atoms. The Hall–Kier alpha value is -1.93. The average Bonchev–Trinajstić information content (AvgIpc) is 3.03. The van der Waals surface area contributed by atoms with Gasteiger partial charge in [0.2, 0.25) is 10.0 Å². The molecule has 8 heteroatoms. The molecule has 0 saturated heterocycles. The predicted molar refractivity (Wildman–Crippen MR) is 102 cm³/mol. The van der Waals surface area contributed by atoms with Crippen LogP contribution >= 0.6 is 12.4 Å². The standard InChI is InChI=1S/C17H20N4O2S.ClH/c1-2-13-11-16-15(7-9-19-17(16)21-13)12-3-5-14(6-4-12)24(22,23)20-10-8-18;/h3-7,9,11,20H,2,8,10,18H2,1H3,(H,19,21);1H. The first-order chi connectivity index (χ1) is 11.5. The lowest BCUT2D eigenvalue weighted by molar-refractivity contribution is 0.582. The summed E-state index contributed by atoms with van der Waals surface area (Å²) in [5, 5.41) is 1.03. The fourth-order valence-electron chi connectivity index (χ4n) is 2.61. The number of halogens is 1. The van der Waals surface area contributed by atoms with Gasteiger partial charge >= 0.3 is 0 Å². The molecule has 2 heterocycles. The van der Waals surface area contributed by atoms with Gasteiger partial charge in [0.15, 0.2) is 0 Å². The van der Waals surface area contributed by atoms with Gasteiger partial charge < -0.3 is 10.7 Å². The third kappa shape index (κ3) is 4.01. The third-order valence-electron chi connectivity index (χ3n) is 3.88. The summed E-state index contributed by atoms with van der Waals surface area (Å²) >= 11 is 0. The largest absolute Gasteiger partial charge is 0.343 e. The van der Waals surface area contributed by atoms with Crippen LogP contribution in [0.25, 0.3) is 22.2 Å². The first-order valence-electron chi connectivity index (χ1n) is 7.82. The zero-order chi connectivity index (χ0) is 17.2. The van der Waals surface area contributed by atoms with E-state index in [0.29, 0.717) is 0 Å². The predicted octanol–water partition coefficient (Wildman–Crippen LogP) is 2.45. The van der Waals surface area contributed by atoms with Gasteiger partial charge in [0.05, 0.1) is 4.90 Å². The van der Waals surface area contributed by atoms with E-state index in [1.165, 1.54) is 0 Å². The van der Waals surface area contributed by atoms with Crippen molar-refractivity contribution in [2.45, 2.75) is 18.2 Å². The maximum atomic E-state index is 12.1. The van der Waals surface area contributed by atoms with E-state index in [9.17, 15) is 8.42 Å². The number of pyridine rings is 1. The Bertz CT molecular complexity index is 952. The molecule has 0 aliphatic carbocycles. The molecular weight excluding hydrogens is 360 g/mol. The SMILES string of the molecule is CCc1cc2c(-c3ccc(S(=O)(=O)NCCN)cc3)ccnc2[nH]1.Cl. The van der Waals surface area contributed by atoms with Crippen molar-refractivity contribution in [2.75, 3.05) is 13.1 Å². The smallest absolute Gasteiger partial charge is 0.240 e. The van der Waals surface area contributed by atoms with Crippen molar-refractivity contribution in [1.29, 1.82) is 0 Å². The van der Waals surface area contributed by atoms with Gasteiger partial charge in [0, 0.05) is 30.4 Å². The van der Waals surface area contributed by atoms with Gasteiger partial charge in [-0.1, -0.05) is 19.1 Å². The first kappa shape index (κ1) is 19.4. The summed E-state index contributed by atoms with van der Waals surface area (Å²) in [6.07, 6.45) is 2.65. The zero-order valence-corrected chi connectivity index (χ0v) is 15.5. The van der Waals surface area contributed by atoms with E-state index in [1.54, 1.807) is 18.3 Å². The minimum absolute atomic E-state index is 0. The number of benzene rings is 1. The van der Waals surface area contributed by atoms with E-state index >= 15 is 0 Å². The normalized spacial score (nSPS) is 11.4. The Balaban J connectivity index is 0.00000225. The number of nitrogens with one attached hydrogen (secondary N) is 2. The number of fused-ring (bicyclic) bond motifs is 1. The molecule has 1 aromatic carbocycles. The highest BCUT2D eigenvalue weighted by Crippen LogP contribution is 2.29. The van der Waals surface area contributed by atoms with Crippen molar-refractivity contribution < 1.29 is 8.42 Å². The van der Waals surface area contributed by atoms with Crippen molar-refractivity contribution in [3.63, 3.8) is 0 Å². The minimum Gasteiger partial charge on any atom is -0.343 e. The highest BCUT2D eigenvalue weighted by atomic mass is 35.5. The van der Waals surface area contributed by atoms with Crippen molar-refractivity contribution >= 4 is 33.5 Å². The average molecular weight is 381 g/mol. The van der Waals surface area contributed by atoms with E-state index in [1.807, 2.05) is 18.2 Å². The first-order valence-corrected chi connectivity index (χ1v) is 9.30. The number of aromatic amines is 1. The minimum atomic E-state index is -3.51. The van der Waals surface area contributed by atoms with E-state index in [2.05, 4.69) is 27.7 Å². The molecule has 0 unspecified atom stereocenters. The fourth-order valence-corrected chi connectivity index (χ4v) is 3.66.